The predicted octanol–water partition coefficient (Wildman–Crippen LogP) is 7.38. The van der Waals surface area contributed by atoms with Crippen LogP contribution in [-0.4, -0.2) is 117 Å². The van der Waals surface area contributed by atoms with Crippen LogP contribution in [0.2, 0.25) is 0 Å². The van der Waals surface area contributed by atoms with E-state index in [1.165, 1.54) is 12.4 Å². The molecule has 10 rings (SSSR count). The molecule has 4 aliphatic heterocycles. The van der Waals surface area contributed by atoms with Crippen LogP contribution in [0.15, 0.2) is 49.1 Å². The lowest BCUT2D eigenvalue weighted by Gasteiger charge is -2.22. The Morgan fingerprint density at radius 1 is 0.653 bits per heavy atom. The molecule has 0 aliphatic carbocycles. The standard InChI is InChI=1S/2C25H27FN6O4/c2*1-12(2)32-11-15(8-20(32)33)36-25(34)31-19-7-14-6-16(21(26)22(27)18(14)10-29-19)17-9-30-24-23(13(17)3)28-4-5-35-24/h2*6-7,9-10,12,15,28H,4-5,8,11,27H2,1-3H3,(H,29,31,34)/t2*15-/m10/s1. The van der Waals surface area contributed by atoms with E-state index in [1.54, 1.807) is 46.5 Å². The lowest BCUT2D eigenvalue weighted by atomic mass is 9.97. The number of nitrogens with zero attached hydrogens (tertiary/aromatic N) is 6. The number of pyridine rings is 4. The van der Waals surface area contributed by atoms with Crippen LogP contribution < -0.4 is 42.2 Å². The van der Waals surface area contributed by atoms with Gasteiger partial charge in [0.05, 0.1) is 37.3 Å². The summed E-state index contributed by atoms with van der Waals surface area (Å²) in [4.78, 5) is 69.4. The largest absolute Gasteiger partial charge is 0.474 e. The maximum atomic E-state index is 15.3. The summed E-state index contributed by atoms with van der Waals surface area (Å²) in [6.45, 7) is 14.3. The second-order valence-electron chi connectivity index (χ2n) is 18.4. The third kappa shape index (κ3) is 9.62. The Morgan fingerprint density at radius 3 is 1.43 bits per heavy atom. The smallest absolute Gasteiger partial charge is 0.413 e. The fraction of sp³-hybridized carbons (Fsp3) is 0.360. The van der Waals surface area contributed by atoms with Gasteiger partial charge in [0, 0.05) is 83.0 Å². The Balaban J connectivity index is 0.000000178. The SMILES string of the molecule is Cc1c(-c2cc3cc(NC(=O)O[C@@H]4CC(=O)N(C(C)C)C4)ncc3c(N)c2F)cnc2c1NCCO2.Cc1c(-c2cc3cc(NC(=O)O[C@H]4CC(=O)N(C(C)C)C4)ncc3c(N)c2F)cnc2c1NCCO2. The highest BCUT2D eigenvalue weighted by molar-refractivity contribution is 6.01. The van der Waals surface area contributed by atoms with Crippen molar-refractivity contribution in [2.75, 3.05) is 72.1 Å². The second kappa shape index (κ2) is 19.8. The molecule has 0 bridgehead atoms. The summed E-state index contributed by atoms with van der Waals surface area (Å²) in [5, 5.41) is 13.7. The monoisotopic (exact) mass is 988 g/mol. The van der Waals surface area contributed by atoms with Gasteiger partial charge in [-0.1, -0.05) is 0 Å². The van der Waals surface area contributed by atoms with Gasteiger partial charge < -0.3 is 50.8 Å². The molecule has 2 atom stereocenters. The number of nitrogens with one attached hydrogen (secondary N) is 4. The van der Waals surface area contributed by atoms with Crippen LogP contribution in [0.4, 0.5) is 52.8 Å². The van der Waals surface area contributed by atoms with E-state index in [2.05, 4.69) is 41.2 Å². The van der Waals surface area contributed by atoms with Crippen molar-refractivity contribution in [1.29, 1.82) is 0 Å². The van der Waals surface area contributed by atoms with Crippen molar-refractivity contribution in [3.8, 4) is 34.0 Å². The molecule has 4 amide bonds. The van der Waals surface area contributed by atoms with Gasteiger partial charge in [-0.3, -0.25) is 20.2 Å². The molecule has 6 aromatic rings. The summed E-state index contributed by atoms with van der Waals surface area (Å²) in [7, 11) is 0. The summed E-state index contributed by atoms with van der Waals surface area (Å²) in [5.74, 6) is 0.126. The van der Waals surface area contributed by atoms with Crippen molar-refractivity contribution >= 4 is 79.9 Å². The first-order chi connectivity index (χ1) is 34.4. The van der Waals surface area contributed by atoms with E-state index in [0.29, 0.717) is 83.8 Å². The topological polar surface area (TPSA) is 263 Å². The van der Waals surface area contributed by atoms with Crippen molar-refractivity contribution in [3.05, 3.63) is 71.8 Å². The Labute approximate surface area is 412 Å². The van der Waals surface area contributed by atoms with E-state index in [0.717, 1.165) is 22.5 Å². The fourth-order valence-electron chi connectivity index (χ4n) is 9.23. The van der Waals surface area contributed by atoms with Crippen LogP contribution in [-0.2, 0) is 19.1 Å². The Kier molecular flexibility index (Phi) is 13.4. The third-order valence-corrected chi connectivity index (χ3v) is 13.0. The number of hydrogen-bond acceptors (Lipinski definition) is 16. The molecule has 2 fully saturated rings. The summed E-state index contributed by atoms with van der Waals surface area (Å²) in [6, 6.07) is 6.56. The number of ether oxygens (including phenoxy) is 4. The first kappa shape index (κ1) is 48.7. The fourth-order valence-corrected chi connectivity index (χ4v) is 9.23. The molecule has 0 saturated carbocycles. The van der Waals surface area contributed by atoms with Gasteiger partial charge in [0.1, 0.15) is 48.4 Å². The van der Waals surface area contributed by atoms with Crippen molar-refractivity contribution in [2.45, 2.75) is 78.7 Å². The first-order valence-electron chi connectivity index (χ1n) is 23.5. The lowest BCUT2D eigenvalue weighted by Crippen LogP contribution is -2.33. The molecular formula is C50H54F2N12O8. The lowest BCUT2D eigenvalue weighted by molar-refractivity contribution is -0.130. The van der Waals surface area contributed by atoms with Crippen molar-refractivity contribution < 1.29 is 46.9 Å². The van der Waals surface area contributed by atoms with Gasteiger partial charge in [0.2, 0.25) is 23.6 Å². The molecule has 376 valence electrons. The zero-order valence-corrected chi connectivity index (χ0v) is 40.4. The number of nitrogens with two attached hydrogens (primary N) is 2. The molecule has 22 heteroatoms. The Bertz CT molecular complexity index is 2970. The van der Waals surface area contributed by atoms with Crippen LogP contribution in [0.5, 0.6) is 11.8 Å². The summed E-state index contributed by atoms with van der Waals surface area (Å²) in [6.07, 6.45) is 3.71. The number of fused-ring (bicyclic) bond motifs is 4. The van der Waals surface area contributed by atoms with E-state index in [9.17, 15) is 19.2 Å². The Hall–Kier alpha value is -8.30. The molecule has 4 aromatic heterocycles. The molecule has 20 nitrogen and oxygen atoms in total. The average molecular weight is 989 g/mol. The van der Waals surface area contributed by atoms with Crippen LogP contribution in [0.25, 0.3) is 43.8 Å². The Morgan fingerprint density at radius 2 is 1.06 bits per heavy atom. The zero-order valence-electron chi connectivity index (χ0n) is 40.4. The second-order valence-corrected chi connectivity index (χ2v) is 18.4. The zero-order chi connectivity index (χ0) is 51.1. The minimum atomic E-state index is -0.721. The molecule has 2 aromatic carbocycles. The van der Waals surface area contributed by atoms with Gasteiger partial charge in [0.25, 0.3) is 0 Å². The molecular weight excluding hydrogens is 935 g/mol. The molecule has 0 unspecified atom stereocenters. The molecule has 2 saturated heterocycles. The van der Waals surface area contributed by atoms with Gasteiger partial charge in [-0.05, 0) is 87.7 Å². The number of carbonyl (C=O) groups is 4. The highest BCUT2D eigenvalue weighted by Crippen LogP contribution is 2.41. The van der Waals surface area contributed by atoms with E-state index >= 15 is 8.78 Å². The highest BCUT2D eigenvalue weighted by atomic mass is 19.1. The number of anilines is 6. The number of benzene rings is 2. The maximum absolute atomic E-state index is 15.3. The van der Waals surface area contributed by atoms with Gasteiger partial charge in [0.15, 0.2) is 11.6 Å². The highest BCUT2D eigenvalue weighted by Gasteiger charge is 2.35. The number of aromatic nitrogens is 4. The third-order valence-electron chi connectivity index (χ3n) is 13.0. The number of likely N-dealkylation sites (tertiary alicyclic amines) is 2. The van der Waals surface area contributed by atoms with E-state index in [4.69, 9.17) is 30.4 Å². The molecule has 0 radical (unpaired) electrons. The van der Waals surface area contributed by atoms with Crippen molar-refractivity contribution in [1.82, 2.24) is 29.7 Å². The van der Waals surface area contributed by atoms with E-state index in [1.807, 2.05) is 41.5 Å². The molecule has 8 N–H and O–H groups in total. The normalized spacial score (nSPS) is 17.1. The molecule has 4 aliphatic rings. The van der Waals surface area contributed by atoms with Crippen LogP contribution in [0, 0.1) is 25.5 Å². The predicted molar refractivity (Wildman–Crippen MR) is 267 cm³/mol. The average Bonchev–Trinajstić information content (AvgIpc) is 3.92. The number of rotatable bonds is 8. The number of carbonyl (C=O) groups excluding carboxylic acids is 4. The van der Waals surface area contributed by atoms with E-state index in [-0.39, 0.29) is 70.9 Å². The molecule has 0 spiro atoms. The number of nitrogen functional groups attached to an aromatic ring is 2. The first-order valence-corrected chi connectivity index (χ1v) is 23.5. The number of amides is 4. The van der Waals surface area contributed by atoms with Gasteiger partial charge >= 0.3 is 12.2 Å². The minimum absolute atomic E-state index is 0.0358. The molecule has 8 heterocycles. The molecule has 72 heavy (non-hydrogen) atoms. The van der Waals surface area contributed by atoms with Crippen molar-refractivity contribution in [2.24, 2.45) is 0 Å². The maximum Gasteiger partial charge on any atom is 0.413 e. The van der Waals surface area contributed by atoms with Gasteiger partial charge in [-0.15, -0.1) is 0 Å². The summed E-state index contributed by atoms with van der Waals surface area (Å²) < 4.78 is 52.6. The number of halogens is 2. The minimum Gasteiger partial charge on any atom is -0.474 e. The van der Waals surface area contributed by atoms with Gasteiger partial charge in [-0.2, -0.15) is 0 Å². The van der Waals surface area contributed by atoms with Crippen LogP contribution in [0.1, 0.15) is 51.7 Å². The van der Waals surface area contributed by atoms with Crippen LogP contribution >= 0.6 is 0 Å². The van der Waals surface area contributed by atoms with Crippen LogP contribution in [0.3, 0.4) is 0 Å². The quantitative estimate of drug-likeness (QED) is 0.0813. The van der Waals surface area contributed by atoms with Crippen molar-refractivity contribution in [3.63, 3.8) is 0 Å². The summed E-state index contributed by atoms with van der Waals surface area (Å²) in [5.41, 5.74) is 16.9. The van der Waals surface area contributed by atoms with Gasteiger partial charge in [-0.25, -0.2) is 38.3 Å². The van der Waals surface area contributed by atoms with E-state index < -0.39 is 36.0 Å². The summed E-state index contributed by atoms with van der Waals surface area (Å²) >= 11 is 0. The number of hydrogen-bond donors (Lipinski definition) is 6.